The van der Waals surface area contributed by atoms with Gasteiger partial charge in [-0.25, -0.2) is 0 Å². The van der Waals surface area contributed by atoms with E-state index in [1.54, 1.807) is 13.0 Å². The molecular weight excluding hydrogens is 264 g/mol. The smallest absolute Gasteiger partial charge is 0.309 e. The van der Waals surface area contributed by atoms with Crippen molar-refractivity contribution in [1.29, 1.82) is 0 Å². The Morgan fingerprint density at radius 2 is 1.55 bits per heavy atom. The summed E-state index contributed by atoms with van der Waals surface area (Å²) in [6.07, 6.45) is 1.58. The summed E-state index contributed by atoms with van der Waals surface area (Å²) >= 11 is 0. The second-order valence-electron chi connectivity index (χ2n) is 3.90. The van der Waals surface area contributed by atoms with Crippen molar-refractivity contribution in [2.45, 2.75) is 27.2 Å². The van der Waals surface area contributed by atoms with E-state index in [1.807, 2.05) is 0 Å². The van der Waals surface area contributed by atoms with Gasteiger partial charge in [0.25, 0.3) is 0 Å². The molecule has 0 aliphatic heterocycles. The maximum absolute atomic E-state index is 11.3. The Bertz CT molecular complexity index is 408. The van der Waals surface area contributed by atoms with E-state index in [2.05, 4.69) is 6.58 Å². The van der Waals surface area contributed by atoms with Crippen molar-refractivity contribution in [2.75, 3.05) is 19.8 Å². The highest BCUT2D eigenvalue weighted by Gasteiger charge is 2.09. The lowest BCUT2D eigenvalue weighted by molar-refractivity contribution is -0.142. The van der Waals surface area contributed by atoms with Crippen molar-refractivity contribution in [3.8, 4) is 0 Å². The average Bonchev–Trinajstić information content (AvgIpc) is 2.36. The fraction of sp³-hybridized carbons (Fsp3) is 0.500. The summed E-state index contributed by atoms with van der Waals surface area (Å²) in [6.45, 7) is 8.24. The van der Waals surface area contributed by atoms with Crippen molar-refractivity contribution in [3.05, 3.63) is 23.8 Å². The first kappa shape index (κ1) is 17.9. The summed E-state index contributed by atoms with van der Waals surface area (Å²) in [5.41, 5.74) is 0.986. The third-order valence-electron chi connectivity index (χ3n) is 2.16. The van der Waals surface area contributed by atoms with Gasteiger partial charge < -0.3 is 14.2 Å². The van der Waals surface area contributed by atoms with Crippen molar-refractivity contribution in [3.63, 3.8) is 0 Å². The summed E-state index contributed by atoms with van der Waals surface area (Å²) in [4.78, 5) is 32.9. The van der Waals surface area contributed by atoms with Crippen LogP contribution >= 0.6 is 0 Å². The van der Waals surface area contributed by atoms with Gasteiger partial charge in [0.05, 0.1) is 13.0 Å². The molecule has 0 aliphatic carbocycles. The van der Waals surface area contributed by atoms with Crippen LogP contribution in [0.3, 0.4) is 0 Å². The molecule has 0 N–H and O–H groups in total. The number of carbonyl (C=O) groups is 3. The Kier molecular flexibility index (Phi) is 8.74. The lowest BCUT2D eigenvalue weighted by atomic mass is 10.1. The number of rotatable bonds is 8. The molecule has 112 valence electrons. The molecule has 0 spiro atoms. The standard InChI is InChI=1S/C14H20O6/c1-5-18-14(17)7-6-13(9-20-12(4)16)10(2)8-19-11(3)15/h6H,2,5,7-9H2,1,3-4H3/b13-6-. The first-order valence-electron chi connectivity index (χ1n) is 6.16. The molecule has 0 aromatic heterocycles. The Labute approximate surface area is 118 Å². The van der Waals surface area contributed by atoms with Gasteiger partial charge in [-0.3, -0.25) is 14.4 Å². The third-order valence-corrected chi connectivity index (χ3v) is 2.16. The van der Waals surface area contributed by atoms with Gasteiger partial charge in [0, 0.05) is 13.8 Å². The highest BCUT2D eigenvalue weighted by molar-refractivity contribution is 5.71. The maximum Gasteiger partial charge on any atom is 0.309 e. The minimum Gasteiger partial charge on any atom is -0.466 e. The van der Waals surface area contributed by atoms with Gasteiger partial charge in [0.2, 0.25) is 0 Å². The lowest BCUT2D eigenvalue weighted by Crippen LogP contribution is -2.11. The molecule has 0 saturated carbocycles. The van der Waals surface area contributed by atoms with Gasteiger partial charge in [-0.15, -0.1) is 0 Å². The van der Waals surface area contributed by atoms with Crippen LogP contribution in [0.4, 0.5) is 0 Å². The topological polar surface area (TPSA) is 78.9 Å². The zero-order chi connectivity index (χ0) is 15.5. The molecule has 0 unspecified atom stereocenters. The number of hydrogen-bond acceptors (Lipinski definition) is 6. The van der Waals surface area contributed by atoms with Crippen LogP contribution in [0.2, 0.25) is 0 Å². The molecule has 6 nitrogen and oxygen atoms in total. The minimum absolute atomic E-state index is 0.0226. The summed E-state index contributed by atoms with van der Waals surface area (Å²) < 4.78 is 14.5. The first-order valence-corrected chi connectivity index (χ1v) is 6.16. The van der Waals surface area contributed by atoms with E-state index in [4.69, 9.17) is 14.2 Å². The number of esters is 3. The fourth-order valence-corrected chi connectivity index (χ4v) is 1.19. The van der Waals surface area contributed by atoms with Gasteiger partial charge in [-0.2, -0.15) is 0 Å². The Morgan fingerprint density at radius 3 is 2.05 bits per heavy atom. The molecule has 0 radical (unpaired) electrons. The second kappa shape index (κ2) is 9.77. The van der Waals surface area contributed by atoms with Gasteiger partial charge in [-0.05, 0) is 18.1 Å². The summed E-state index contributed by atoms with van der Waals surface area (Å²) in [6, 6.07) is 0. The van der Waals surface area contributed by atoms with Gasteiger partial charge in [0.1, 0.15) is 13.2 Å². The molecule has 0 rings (SSSR count). The summed E-state index contributed by atoms with van der Waals surface area (Å²) in [5, 5.41) is 0. The lowest BCUT2D eigenvalue weighted by Gasteiger charge is -2.11. The molecule has 6 heteroatoms. The predicted molar refractivity (Wildman–Crippen MR) is 71.7 cm³/mol. The molecule has 20 heavy (non-hydrogen) atoms. The number of ether oxygens (including phenoxy) is 3. The van der Waals surface area contributed by atoms with Crippen LogP contribution in [-0.4, -0.2) is 37.7 Å². The number of hydrogen-bond donors (Lipinski definition) is 0. The van der Waals surface area contributed by atoms with Crippen molar-refractivity contribution in [1.82, 2.24) is 0 Å². The van der Waals surface area contributed by atoms with E-state index in [1.165, 1.54) is 13.8 Å². The van der Waals surface area contributed by atoms with Crippen molar-refractivity contribution >= 4 is 17.9 Å². The normalized spacial score (nSPS) is 10.7. The van der Waals surface area contributed by atoms with E-state index in [9.17, 15) is 14.4 Å². The van der Waals surface area contributed by atoms with Crippen LogP contribution in [0, 0.1) is 0 Å². The van der Waals surface area contributed by atoms with E-state index < -0.39 is 17.9 Å². The quantitative estimate of drug-likeness (QED) is 0.382. The Morgan fingerprint density at radius 1 is 1.00 bits per heavy atom. The summed E-state index contributed by atoms with van der Waals surface area (Å²) in [5.74, 6) is -1.29. The Balaban J connectivity index is 4.64. The number of carbonyl (C=O) groups excluding carboxylic acids is 3. The van der Waals surface area contributed by atoms with E-state index >= 15 is 0 Å². The molecule has 0 aromatic rings. The Hall–Kier alpha value is -2.11. The zero-order valence-corrected chi connectivity index (χ0v) is 12.1. The molecule has 0 heterocycles. The van der Waals surface area contributed by atoms with Gasteiger partial charge in [-0.1, -0.05) is 12.7 Å². The molecule has 0 aliphatic rings. The van der Waals surface area contributed by atoms with Gasteiger partial charge in [0.15, 0.2) is 0 Å². The van der Waals surface area contributed by atoms with E-state index in [-0.39, 0.29) is 19.6 Å². The zero-order valence-electron chi connectivity index (χ0n) is 12.1. The van der Waals surface area contributed by atoms with Crippen molar-refractivity contribution < 1.29 is 28.6 Å². The predicted octanol–water partition coefficient (Wildman–Crippen LogP) is 1.55. The molecular formula is C14H20O6. The van der Waals surface area contributed by atoms with Crippen LogP contribution in [0.1, 0.15) is 27.2 Å². The average molecular weight is 284 g/mol. The van der Waals surface area contributed by atoms with Gasteiger partial charge >= 0.3 is 17.9 Å². The highest BCUT2D eigenvalue weighted by atomic mass is 16.5. The van der Waals surface area contributed by atoms with Crippen LogP contribution in [0.5, 0.6) is 0 Å². The maximum atomic E-state index is 11.3. The molecule has 0 fully saturated rings. The van der Waals surface area contributed by atoms with Crippen LogP contribution in [-0.2, 0) is 28.6 Å². The minimum atomic E-state index is -0.452. The van der Waals surface area contributed by atoms with Crippen LogP contribution in [0.15, 0.2) is 23.8 Å². The monoisotopic (exact) mass is 284 g/mol. The highest BCUT2D eigenvalue weighted by Crippen LogP contribution is 2.11. The molecule has 0 aromatic carbocycles. The first-order chi connectivity index (χ1) is 9.36. The summed E-state index contributed by atoms with van der Waals surface area (Å²) in [7, 11) is 0. The molecule has 0 atom stereocenters. The molecule has 0 saturated heterocycles. The fourth-order valence-electron chi connectivity index (χ4n) is 1.19. The SMILES string of the molecule is C=C(COC(C)=O)/C(=C\CC(=O)OCC)COC(C)=O. The van der Waals surface area contributed by atoms with E-state index in [0.29, 0.717) is 17.8 Å². The second-order valence-corrected chi connectivity index (χ2v) is 3.90. The third kappa shape index (κ3) is 8.91. The van der Waals surface area contributed by atoms with E-state index in [0.717, 1.165) is 0 Å². The molecule has 0 bridgehead atoms. The van der Waals surface area contributed by atoms with Crippen molar-refractivity contribution in [2.24, 2.45) is 0 Å². The molecule has 0 amide bonds. The van der Waals surface area contributed by atoms with Crippen LogP contribution < -0.4 is 0 Å². The largest absolute Gasteiger partial charge is 0.466 e. The van der Waals surface area contributed by atoms with Crippen LogP contribution in [0.25, 0.3) is 0 Å².